The molecule has 0 aromatic heterocycles. The summed E-state index contributed by atoms with van der Waals surface area (Å²) < 4.78 is 0. The molecule has 4 saturated carbocycles. The van der Waals surface area contributed by atoms with Crippen LogP contribution in [0.1, 0.15) is 97.8 Å². The average molecular weight is 361 g/mol. The van der Waals surface area contributed by atoms with E-state index in [4.69, 9.17) is 0 Å². The lowest BCUT2D eigenvalue weighted by Gasteiger charge is -2.62. The lowest BCUT2D eigenvalue weighted by atomic mass is 9.44. The Morgan fingerprint density at radius 1 is 1.00 bits per heavy atom. The van der Waals surface area contributed by atoms with Crippen LogP contribution in [-0.2, 0) is 4.79 Å². The number of carbonyl (C=O) groups is 1. The van der Waals surface area contributed by atoms with Crippen molar-refractivity contribution in [1.29, 1.82) is 0 Å². The highest BCUT2D eigenvalue weighted by molar-refractivity contribution is 5.75. The van der Waals surface area contributed by atoms with Gasteiger partial charge >= 0.3 is 0 Å². The van der Waals surface area contributed by atoms with Gasteiger partial charge in [-0.25, -0.2) is 0 Å². The number of rotatable bonds is 4. The molecule has 1 N–H and O–H groups in total. The van der Waals surface area contributed by atoms with Gasteiger partial charge in [-0.3, -0.25) is 0 Å². The molecule has 0 aromatic carbocycles. The summed E-state index contributed by atoms with van der Waals surface area (Å²) in [4.78, 5) is 11.3. The highest BCUT2D eigenvalue weighted by Gasteiger charge is 2.61. The minimum atomic E-state index is -0.0585. The van der Waals surface area contributed by atoms with Gasteiger partial charge in [0.05, 0.1) is 6.10 Å². The molecule has 148 valence electrons. The summed E-state index contributed by atoms with van der Waals surface area (Å²) in [5.74, 6) is 3.91. The van der Waals surface area contributed by atoms with Crippen LogP contribution in [0, 0.1) is 40.4 Å². The summed E-state index contributed by atoms with van der Waals surface area (Å²) in [6, 6.07) is 0. The molecule has 26 heavy (non-hydrogen) atoms. The van der Waals surface area contributed by atoms with E-state index in [1.54, 1.807) is 6.92 Å². The Kier molecular flexibility index (Phi) is 5.04. The van der Waals surface area contributed by atoms with Crippen molar-refractivity contribution in [3.05, 3.63) is 0 Å². The zero-order chi connectivity index (χ0) is 18.5. The van der Waals surface area contributed by atoms with Gasteiger partial charge in [-0.15, -0.1) is 0 Å². The predicted molar refractivity (Wildman–Crippen MR) is 106 cm³/mol. The van der Waals surface area contributed by atoms with E-state index < -0.39 is 0 Å². The molecule has 0 radical (unpaired) electrons. The normalized spacial score (nSPS) is 50.6. The van der Waals surface area contributed by atoms with Crippen molar-refractivity contribution in [2.24, 2.45) is 40.4 Å². The quantitative estimate of drug-likeness (QED) is 0.691. The molecule has 4 rings (SSSR count). The lowest BCUT2D eigenvalue weighted by Crippen LogP contribution is -2.57. The van der Waals surface area contributed by atoms with Gasteiger partial charge in [0.2, 0.25) is 0 Å². The molecule has 0 aromatic rings. The van der Waals surface area contributed by atoms with Crippen molar-refractivity contribution in [3.63, 3.8) is 0 Å². The number of aliphatic hydroxyl groups excluding tert-OH is 1. The van der Waals surface area contributed by atoms with Gasteiger partial charge in [0, 0.05) is 6.42 Å². The molecule has 2 heteroatoms. The third-order valence-electron chi connectivity index (χ3n) is 9.88. The van der Waals surface area contributed by atoms with E-state index in [-0.39, 0.29) is 6.10 Å². The molecule has 0 saturated heterocycles. The summed E-state index contributed by atoms with van der Waals surface area (Å²) in [5.41, 5.74) is 0.910. The topological polar surface area (TPSA) is 37.3 Å². The van der Waals surface area contributed by atoms with Crippen LogP contribution >= 0.6 is 0 Å². The van der Waals surface area contributed by atoms with E-state index in [0.717, 1.165) is 42.9 Å². The van der Waals surface area contributed by atoms with Gasteiger partial charge in [-0.1, -0.05) is 26.7 Å². The first-order valence-corrected chi connectivity index (χ1v) is 11.5. The van der Waals surface area contributed by atoms with Crippen molar-refractivity contribution in [2.75, 3.05) is 0 Å². The Bertz CT molecular complexity index is 542. The molecule has 0 aliphatic heterocycles. The van der Waals surface area contributed by atoms with Crippen LogP contribution in [-0.4, -0.2) is 17.0 Å². The van der Waals surface area contributed by atoms with Crippen molar-refractivity contribution in [2.45, 2.75) is 104 Å². The Hall–Kier alpha value is -0.370. The van der Waals surface area contributed by atoms with Gasteiger partial charge < -0.3 is 9.90 Å². The first kappa shape index (κ1) is 19.0. The van der Waals surface area contributed by atoms with Crippen molar-refractivity contribution < 1.29 is 9.90 Å². The zero-order valence-electron chi connectivity index (χ0n) is 17.3. The SMILES string of the molecule is CC(=O)CCCC1CCC2C3C(O)CC4CCCCC4(C)C3CCC12C. The van der Waals surface area contributed by atoms with E-state index in [9.17, 15) is 9.90 Å². The van der Waals surface area contributed by atoms with Gasteiger partial charge in [-0.2, -0.15) is 0 Å². The minimum Gasteiger partial charge on any atom is -0.393 e. The van der Waals surface area contributed by atoms with Gasteiger partial charge in [0.25, 0.3) is 0 Å². The number of aliphatic hydroxyl groups is 1. The number of Topliss-reactive ketones (excluding diaryl/α,β-unsaturated/α-hetero) is 1. The van der Waals surface area contributed by atoms with E-state index >= 15 is 0 Å². The standard InChI is InChI=1S/C24H40O2/c1-16(25)7-6-9-17-10-11-19-22-20(12-14-24(17,19)3)23(2)13-5-4-8-18(23)15-21(22)26/h17-22,26H,4-15H2,1-3H3. The molecule has 8 unspecified atom stereocenters. The highest BCUT2D eigenvalue weighted by Crippen LogP contribution is 2.67. The molecule has 0 bridgehead atoms. The maximum absolute atomic E-state index is 11.3. The van der Waals surface area contributed by atoms with Crippen LogP contribution in [0.2, 0.25) is 0 Å². The summed E-state index contributed by atoms with van der Waals surface area (Å²) in [6.07, 6.45) is 14.9. The van der Waals surface area contributed by atoms with Crippen LogP contribution in [0.4, 0.5) is 0 Å². The van der Waals surface area contributed by atoms with Crippen LogP contribution in [0.15, 0.2) is 0 Å². The maximum atomic E-state index is 11.3. The molecule has 0 spiro atoms. The average Bonchev–Trinajstić information content (AvgIpc) is 2.92. The number of carbonyl (C=O) groups excluding carboxylic acids is 1. The zero-order valence-corrected chi connectivity index (χ0v) is 17.3. The Morgan fingerprint density at radius 2 is 1.77 bits per heavy atom. The van der Waals surface area contributed by atoms with Crippen LogP contribution < -0.4 is 0 Å². The van der Waals surface area contributed by atoms with Gasteiger partial charge in [-0.05, 0) is 105 Å². The molecule has 0 amide bonds. The fraction of sp³-hybridized carbons (Fsp3) is 0.958. The second-order valence-corrected chi connectivity index (χ2v) is 11.0. The lowest BCUT2D eigenvalue weighted by molar-refractivity contribution is -0.162. The van der Waals surface area contributed by atoms with E-state index in [1.165, 1.54) is 57.8 Å². The minimum absolute atomic E-state index is 0.0585. The van der Waals surface area contributed by atoms with E-state index in [2.05, 4.69) is 13.8 Å². The predicted octanol–water partition coefficient (Wildman–Crippen LogP) is 5.77. The molecule has 4 aliphatic rings. The van der Waals surface area contributed by atoms with Crippen molar-refractivity contribution in [3.8, 4) is 0 Å². The van der Waals surface area contributed by atoms with E-state index in [1.807, 2.05) is 0 Å². The van der Waals surface area contributed by atoms with Crippen LogP contribution in [0.3, 0.4) is 0 Å². The first-order chi connectivity index (χ1) is 12.4. The first-order valence-electron chi connectivity index (χ1n) is 11.5. The largest absolute Gasteiger partial charge is 0.393 e. The smallest absolute Gasteiger partial charge is 0.129 e. The fourth-order valence-electron chi connectivity index (χ4n) is 8.44. The van der Waals surface area contributed by atoms with Crippen molar-refractivity contribution >= 4 is 5.78 Å². The fourth-order valence-corrected chi connectivity index (χ4v) is 8.44. The number of hydrogen-bond donors (Lipinski definition) is 1. The molecular formula is C24H40O2. The molecule has 2 nitrogen and oxygen atoms in total. The Labute approximate surface area is 160 Å². The summed E-state index contributed by atoms with van der Waals surface area (Å²) in [5, 5.41) is 11.2. The summed E-state index contributed by atoms with van der Waals surface area (Å²) in [7, 11) is 0. The maximum Gasteiger partial charge on any atom is 0.129 e. The molecular weight excluding hydrogens is 320 g/mol. The highest BCUT2D eigenvalue weighted by atomic mass is 16.3. The van der Waals surface area contributed by atoms with Crippen molar-refractivity contribution in [1.82, 2.24) is 0 Å². The number of fused-ring (bicyclic) bond motifs is 5. The van der Waals surface area contributed by atoms with Crippen LogP contribution in [0.5, 0.6) is 0 Å². The van der Waals surface area contributed by atoms with Crippen LogP contribution in [0.25, 0.3) is 0 Å². The summed E-state index contributed by atoms with van der Waals surface area (Å²) >= 11 is 0. The monoisotopic (exact) mass is 360 g/mol. The van der Waals surface area contributed by atoms with Gasteiger partial charge in [0.15, 0.2) is 0 Å². The number of ketones is 1. The third-order valence-corrected chi connectivity index (χ3v) is 9.88. The molecule has 0 heterocycles. The molecule has 4 fully saturated rings. The number of hydrogen-bond acceptors (Lipinski definition) is 2. The molecule has 4 aliphatic carbocycles. The van der Waals surface area contributed by atoms with Gasteiger partial charge in [0.1, 0.15) is 5.78 Å². The second-order valence-electron chi connectivity index (χ2n) is 11.0. The van der Waals surface area contributed by atoms with E-state index in [0.29, 0.717) is 22.5 Å². The Morgan fingerprint density at radius 3 is 2.54 bits per heavy atom. The second kappa shape index (κ2) is 6.90. The third kappa shape index (κ3) is 2.90. The molecule has 8 atom stereocenters. The summed E-state index contributed by atoms with van der Waals surface area (Å²) in [6.45, 7) is 6.85. The Balaban J connectivity index is 1.53.